The number of hydrogen-bond acceptors (Lipinski definition) is 3. The Kier molecular flexibility index (Phi) is 5.34. The van der Waals surface area contributed by atoms with Crippen molar-refractivity contribution in [3.63, 3.8) is 0 Å². The van der Waals surface area contributed by atoms with Gasteiger partial charge in [0.1, 0.15) is 5.69 Å². The lowest BCUT2D eigenvalue weighted by molar-refractivity contribution is 0.0947. The van der Waals surface area contributed by atoms with Gasteiger partial charge in [-0.1, -0.05) is 31.5 Å². The first-order chi connectivity index (χ1) is 10.9. The Morgan fingerprint density at radius 2 is 2.09 bits per heavy atom. The second-order valence-electron chi connectivity index (χ2n) is 5.49. The molecular weight excluding hydrogens is 314 g/mol. The second kappa shape index (κ2) is 7.24. The number of primary amides is 1. The maximum atomic E-state index is 12.0. The van der Waals surface area contributed by atoms with Crippen LogP contribution in [0.4, 0.5) is 0 Å². The summed E-state index contributed by atoms with van der Waals surface area (Å²) >= 11 is 6.26. The first kappa shape index (κ1) is 17.0. The van der Waals surface area contributed by atoms with Crippen LogP contribution in [0.25, 0.3) is 11.3 Å². The molecule has 119 valence electrons. The Morgan fingerprint density at radius 1 is 1.35 bits per heavy atom. The molecular formula is C17H17ClN3O2. The Labute approximate surface area is 139 Å². The van der Waals surface area contributed by atoms with E-state index >= 15 is 0 Å². The van der Waals surface area contributed by atoms with Gasteiger partial charge in [0.15, 0.2) is 0 Å². The highest BCUT2D eigenvalue weighted by molar-refractivity contribution is 6.33. The number of nitrogens with one attached hydrogen (secondary N) is 1. The van der Waals surface area contributed by atoms with Crippen molar-refractivity contribution in [3.05, 3.63) is 52.7 Å². The molecule has 2 rings (SSSR count). The van der Waals surface area contributed by atoms with E-state index in [4.69, 9.17) is 17.3 Å². The summed E-state index contributed by atoms with van der Waals surface area (Å²) in [5.41, 5.74) is 6.82. The molecule has 5 nitrogen and oxygen atoms in total. The molecule has 0 aliphatic rings. The number of aromatic nitrogens is 1. The predicted molar refractivity (Wildman–Crippen MR) is 89.2 cm³/mol. The predicted octanol–water partition coefficient (Wildman–Crippen LogP) is 2.69. The Bertz CT molecular complexity index is 744. The molecule has 1 aromatic carbocycles. The van der Waals surface area contributed by atoms with Gasteiger partial charge in [-0.2, -0.15) is 0 Å². The van der Waals surface area contributed by atoms with E-state index in [1.54, 1.807) is 30.3 Å². The average Bonchev–Trinajstić information content (AvgIpc) is 2.52. The molecule has 3 N–H and O–H groups in total. The van der Waals surface area contributed by atoms with Gasteiger partial charge in [0.25, 0.3) is 11.8 Å². The minimum absolute atomic E-state index is 0.0392. The SMILES string of the molecule is CC(C)CNC(=O)c1ccc(-c2cc[c]c(C(N)=O)n2)c(Cl)c1. The van der Waals surface area contributed by atoms with E-state index in [2.05, 4.69) is 16.4 Å². The van der Waals surface area contributed by atoms with E-state index in [1.807, 2.05) is 13.8 Å². The second-order valence-corrected chi connectivity index (χ2v) is 5.89. The lowest BCUT2D eigenvalue weighted by atomic mass is 10.1. The first-order valence-corrected chi connectivity index (χ1v) is 7.53. The highest BCUT2D eigenvalue weighted by atomic mass is 35.5. The molecule has 2 aromatic rings. The number of hydrogen-bond donors (Lipinski definition) is 2. The molecule has 0 spiro atoms. The molecule has 0 fully saturated rings. The summed E-state index contributed by atoms with van der Waals surface area (Å²) in [4.78, 5) is 27.3. The van der Waals surface area contributed by atoms with Crippen molar-refractivity contribution in [1.82, 2.24) is 10.3 Å². The van der Waals surface area contributed by atoms with Gasteiger partial charge in [-0.25, -0.2) is 4.98 Å². The molecule has 1 heterocycles. The lowest BCUT2D eigenvalue weighted by Crippen LogP contribution is -2.27. The van der Waals surface area contributed by atoms with Crippen molar-refractivity contribution in [2.75, 3.05) is 6.54 Å². The van der Waals surface area contributed by atoms with Crippen molar-refractivity contribution in [2.24, 2.45) is 11.7 Å². The number of pyridine rings is 1. The highest BCUT2D eigenvalue weighted by Gasteiger charge is 2.12. The monoisotopic (exact) mass is 330 g/mol. The van der Waals surface area contributed by atoms with Crippen LogP contribution in [0.15, 0.2) is 30.3 Å². The lowest BCUT2D eigenvalue weighted by Gasteiger charge is -2.10. The third kappa shape index (κ3) is 4.29. The Morgan fingerprint density at radius 3 is 2.70 bits per heavy atom. The molecule has 1 aromatic heterocycles. The summed E-state index contributed by atoms with van der Waals surface area (Å²) < 4.78 is 0. The average molecular weight is 331 g/mol. The standard InChI is InChI=1S/C17H17ClN3O2/c1-10(2)9-20-17(23)11-6-7-12(13(18)8-11)14-4-3-5-15(21-14)16(19)22/h3-4,6-8,10H,9H2,1-2H3,(H2,19,22)(H,20,23). The van der Waals surface area contributed by atoms with E-state index in [1.165, 1.54) is 0 Å². The van der Waals surface area contributed by atoms with Gasteiger partial charge in [0, 0.05) is 23.7 Å². The highest BCUT2D eigenvalue weighted by Crippen LogP contribution is 2.27. The van der Waals surface area contributed by atoms with Crippen molar-refractivity contribution in [3.8, 4) is 11.3 Å². The number of nitrogens with zero attached hydrogens (tertiary/aromatic N) is 1. The van der Waals surface area contributed by atoms with Gasteiger partial charge < -0.3 is 11.1 Å². The van der Waals surface area contributed by atoms with Crippen molar-refractivity contribution in [2.45, 2.75) is 13.8 Å². The number of carbonyl (C=O) groups is 2. The van der Waals surface area contributed by atoms with Gasteiger partial charge in [-0.3, -0.25) is 9.59 Å². The quantitative estimate of drug-likeness (QED) is 0.883. The van der Waals surface area contributed by atoms with Crippen LogP contribution in [0.3, 0.4) is 0 Å². The zero-order valence-electron chi connectivity index (χ0n) is 12.9. The number of carbonyl (C=O) groups excluding carboxylic acids is 2. The normalized spacial score (nSPS) is 10.6. The van der Waals surface area contributed by atoms with E-state index in [9.17, 15) is 9.59 Å². The fourth-order valence-electron chi connectivity index (χ4n) is 1.93. The van der Waals surface area contributed by atoms with Crippen molar-refractivity contribution >= 4 is 23.4 Å². The minimum Gasteiger partial charge on any atom is -0.364 e. The first-order valence-electron chi connectivity index (χ1n) is 7.15. The summed E-state index contributed by atoms with van der Waals surface area (Å²) in [6, 6.07) is 10.8. The summed E-state index contributed by atoms with van der Waals surface area (Å²) in [7, 11) is 0. The molecule has 0 bridgehead atoms. The summed E-state index contributed by atoms with van der Waals surface area (Å²) in [6.45, 7) is 4.63. The van der Waals surface area contributed by atoms with Crippen LogP contribution in [0.5, 0.6) is 0 Å². The number of rotatable bonds is 5. The van der Waals surface area contributed by atoms with Crippen LogP contribution >= 0.6 is 11.6 Å². The van der Waals surface area contributed by atoms with Crippen LogP contribution in [-0.2, 0) is 0 Å². The zero-order valence-corrected chi connectivity index (χ0v) is 13.6. The molecule has 0 atom stereocenters. The van der Waals surface area contributed by atoms with Gasteiger partial charge in [0.05, 0.1) is 10.7 Å². The molecule has 0 saturated heterocycles. The topological polar surface area (TPSA) is 85.1 Å². The smallest absolute Gasteiger partial charge is 0.267 e. The summed E-state index contributed by atoms with van der Waals surface area (Å²) in [5, 5.41) is 3.20. The number of nitrogens with two attached hydrogens (primary N) is 1. The number of amides is 2. The molecule has 0 unspecified atom stereocenters. The fraction of sp³-hybridized carbons (Fsp3) is 0.235. The minimum atomic E-state index is -0.660. The van der Waals surface area contributed by atoms with E-state index in [-0.39, 0.29) is 11.6 Å². The Balaban J connectivity index is 2.27. The van der Waals surface area contributed by atoms with Gasteiger partial charge in [0.2, 0.25) is 0 Å². The fourth-order valence-corrected chi connectivity index (χ4v) is 2.21. The number of benzene rings is 1. The van der Waals surface area contributed by atoms with Gasteiger partial charge >= 0.3 is 0 Å². The summed E-state index contributed by atoms with van der Waals surface area (Å²) in [6.07, 6.45) is 0. The number of halogens is 1. The molecule has 2 amide bonds. The van der Waals surface area contributed by atoms with Crippen LogP contribution < -0.4 is 11.1 Å². The zero-order chi connectivity index (χ0) is 17.0. The molecule has 0 aliphatic carbocycles. The molecule has 0 saturated carbocycles. The van der Waals surface area contributed by atoms with E-state index in [0.717, 1.165) is 0 Å². The van der Waals surface area contributed by atoms with E-state index < -0.39 is 5.91 Å². The van der Waals surface area contributed by atoms with Crippen LogP contribution in [0.2, 0.25) is 5.02 Å². The summed E-state index contributed by atoms with van der Waals surface area (Å²) in [5.74, 6) is -0.474. The van der Waals surface area contributed by atoms with Crippen molar-refractivity contribution < 1.29 is 9.59 Å². The largest absolute Gasteiger partial charge is 0.364 e. The van der Waals surface area contributed by atoms with Crippen LogP contribution in [0, 0.1) is 12.0 Å². The maximum absolute atomic E-state index is 12.0. The van der Waals surface area contributed by atoms with Gasteiger partial charge in [-0.15, -0.1) is 0 Å². The van der Waals surface area contributed by atoms with Crippen molar-refractivity contribution in [1.29, 1.82) is 0 Å². The molecule has 1 radical (unpaired) electrons. The third-order valence-electron chi connectivity index (χ3n) is 3.10. The molecule has 23 heavy (non-hydrogen) atoms. The molecule has 0 aliphatic heterocycles. The third-order valence-corrected chi connectivity index (χ3v) is 3.42. The Hall–Kier alpha value is -2.40. The van der Waals surface area contributed by atoms with Gasteiger partial charge in [-0.05, 0) is 30.2 Å². The van der Waals surface area contributed by atoms with Crippen LogP contribution in [0.1, 0.15) is 34.7 Å². The van der Waals surface area contributed by atoms with Crippen LogP contribution in [-0.4, -0.2) is 23.3 Å². The maximum Gasteiger partial charge on any atom is 0.267 e. The molecule has 6 heteroatoms. The van der Waals surface area contributed by atoms with E-state index in [0.29, 0.717) is 34.3 Å².